The molecule has 0 aliphatic heterocycles. The molecule has 0 radical (unpaired) electrons. The van der Waals surface area contributed by atoms with Gasteiger partial charge in [0.1, 0.15) is 13.2 Å². The van der Waals surface area contributed by atoms with Crippen LogP contribution in [0.2, 0.25) is 0 Å². The van der Waals surface area contributed by atoms with Gasteiger partial charge in [-0.1, -0.05) is 31.0 Å². The van der Waals surface area contributed by atoms with Crippen molar-refractivity contribution in [2.45, 2.75) is 38.7 Å². The van der Waals surface area contributed by atoms with Crippen molar-refractivity contribution in [3.8, 4) is 0 Å². The molecule has 0 amide bonds. The van der Waals surface area contributed by atoms with Crippen LogP contribution in [0.15, 0.2) is 36.1 Å². The van der Waals surface area contributed by atoms with Gasteiger partial charge in [0, 0.05) is 11.6 Å². The molecule has 0 saturated heterocycles. The molecule has 8 heteroatoms. The Labute approximate surface area is 163 Å². The minimum Gasteiger partial charge on any atom is -0.494 e. The van der Waals surface area contributed by atoms with Crippen LogP contribution in [0.1, 0.15) is 32.6 Å². The average Bonchev–Trinajstić information content (AvgIpc) is 2.67. The molecular weight excluding hydrogens is 376 g/mol. The Morgan fingerprint density at radius 2 is 1.81 bits per heavy atom. The summed E-state index contributed by atoms with van der Waals surface area (Å²) in [5.74, 6) is -3.25. The van der Waals surface area contributed by atoms with Crippen molar-refractivity contribution in [3.63, 3.8) is 0 Å². The van der Waals surface area contributed by atoms with E-state index in [4.69, 9.17) is 25.8 Å². The van der Waals surface area contributed by atoms with Gasteiger partial charge in [-0.15, -0.1) is 0 Å². The highest BCUT2D eigenvalue weighted by molar-refractivity contribution is 6.25. The number of halogens is 1. The lowest BCUT2D eigenvalue weighted by molar-refractivity contribution is -0.169. The molecule has 1 rings (SSSR count). The summed E-state index contributed by atoms with van der Waals surface area (Å²) >= 11 is 5.44. The second kappa shape index (κ2) is 12.2. The Balaban J connectivity index is 2.75. The highest BCUT2D eigenvalue weighted by Gasteiger charge is 2.37. The normalized spacial score (nSPS) is 21.3. The van der Waals surface area contributed by atoms with Crippen molar-refractivity contribution in [2.24, 2.45) is 11.8 Å². The van der Waals surface area contributed by atoms with Gasteiger partial charge in [0.05, 0.1) is 17.6 Å². The molecule has 3 unspecified atom stereocenters. The SMILES string of the molecule is C=CC(=O)OCC(CO/C(C)=C/C=C\Cl)OC(=O)C1CCCCC1C(=O)O. The van der Waals surface area contributed by atoms with E-state index in [1.54, 1.807) is 19.1 Å². The summed E-state index contributed by atoms with van der Waals surface area (Å²) in [6.45, 7) is 4.71. The molecule has 7 nitrogen and oxygen atoms in total. The van der Waals surface area contributed by atoms with E-state index in [2.05, 4.69) is 6.58 Å². The predicted octanol–water partition coefficient (Wildman–Crippen LogP) is 3.19. The van der Waals surface area contributed by atoms with Gasteiger partial charge in [-0.3, -0.25) is 9.59 Å². The summed E-state index contributed by atoms with van der Waals surface area (Å²) in [5, 5.41) is 9.32. The van der Waals surface area contributed by atoms with Crippen LogP contribution in [0.4, 0.5) is 0 Å². The van der Waals surface area contributed by atoms with Gasteiger partial charge in [-0.2, -0.15) is 0 Å². The lowest BCUT2D eigenvalue weighted by atomic mass is 9.79. The third-order valence-electron chi connectivity index (χ3n) is 4.15. The first-order valence-corrected chi connectivity index (χ1v) is 9.11. The lowest BCUT2D eigenvalue weighted by Crippen LogP contribution is -2.38. The van der Waals surface area contributed by atoms with Crippen LogP contribution >= 0.6 is 11.6 Å². The van der Waals surface area contributed by atoms with Gasteiger partial charge in [-0.05, 0) is 31.9 Å². The van der Waals surface area contributed by atoms with Gasteiger partial charge in [0.25, 0.3) is 0 Å². The van der Waals surface area contributed by atoms with E-state index in [1.807, 2.05) is 0 Å². The third-order valence-corrected chi connectivity index (χ3v) is 4.29. The second-order valence-corrected chi connectivity index (χ2v) is 6.39. The molecule has 1 N–H and O–H groups in total. The average molecular weight is 401 g/mol. The zero-order valence-corrected chi connectivity index (χ0v) is 16.0. The van der Waals surface area contributed by atoms with Crippen LogP contribution in [0.3, 0.4) is 0 Å². The summed E-state index contributed by atoms with van der Waals surface area (Å²) in [5.41, 5.74) is 1.31. The second-order valence-electron chi connectivity index (χ2n) is 6.14. The zero-order chi connectivity index (χ0) is 20.2. The summed E-state index contributed by atoms with van der Waals surface area (Å²) in [4.78, 5) is 35.2. The van der Waals surface area contributed by atoms with Gasteiger partial charge in [0.2, 0.25) is 0 Å². The maximum Gasteiger partial charge on any atom is 0.330 e. The van der Waals surface area contributed by atoms with Crippen LogP contribution in [0.25, 0.3) is 0 Å². The molecular formula is C19H25ClO7. The molecule has 0 aromatic heterocycles. The number of rotatable bonds is 10. The quantitative estimate of drug-likeness (QED) is 0.260. The molecule has 0 heterocycles. The van der Waals surface area contributed by atoms with Gasteiger partial charge in [-0.25, -0.2) is 4.79 Å². The first-order valence-electron chi connectivity index (χ1n) is 8.68. The number of esters is 2. The molecule has 1 aliphatic carbocycles. The molecule has 0 aromatic rings. The maximum atomic E-state index is 12.5. The number of hydrogen-bond acceptors (Lipinski definition) is 6. The summed E-state index contributed by atoms with van der Waals surface area (Å²) in [7, 11) is 0. The molecule has 0 bridgehead atoms. The molecule has 1 saturated carbocycles. The number of ether oxygens (including phenoxy) is 3. The summed E-state index contributed by atoms with van der Waals surface area (Å²) < 4.78 is 15.8. The number of carbonyl (C=O) groups excluding carboxylic acids is 2. The fourth-order valence-corrected chi connectivity index (χ4v) is 2.83. The van der Waals surface area contributed by atoms with Crippen molar-refractivity contribution < 1.29 is 33.7 Å². The molecule has 150 valence electrons. The largest absolute Gasteiger partial charge is 0.494 e. The van der Waals surface area contributed by atoms with Crippen molar-refractivity contribution >= 4 is 29.5 Å². The van der Waals surface area contributed by atoms with Gasteiger partial charge >= 0.3 is 17.9 Å². The summed E-state index contributed by atoms with van der Waals surface area (Å²) in [6.07, 6.45) is 5.73. The van der Waals surface area contributed by atoms with Crippen LogP contribution in [-0.2, 0) is 28.6 Å². The molecule has 3 atom stereocenters. The Morgan fingerprint density at radius 1 is 1.19 bits per heavy atom. The minimum absolute atomic E-state index is 0.0565. The van der Waals surface area contributed by atoms with Crippen LogP contribution in [0, 0.1) is 11.8 Å². The van der Waals surface area contributed by atoms with Crippen molar-refractivity contribution in [3.05, 3.63) is 36.1 Å². The number of carboxylic acids is 1. The first-order chi connectivity index (χ1) is 12.9. The molecule has 0 aromatic carbocycles. The zero-order valence-electron chi connectivity index (χ0n) is 15.3. The number of carboxylic acid groups (broad SMARTS) is 1. The van der Waals surface area contributed by atoms with Crippen LogP contribution < -0.4 is 0 Å². The van der Waals surface area contributed by atoms with E-state index in [9.17, 15) is 19.5 Å². The summed E-state index contributed by atoms with van der Waals surface area (Å²) in [6, 6.07) is 0. The smallest absolute Gasteiger partial charge is 0.330 e. The van der Waals surface area contributed by atoms with Crippen molar-refractivity contribution in [1.82, 2.24) is 0 Å². The molecule has 0 spiro atoms. The highest BCUT2D eigenvalue weighted by atomic mass is 35.5. The number of hydrogen-bond donors (Lipinski definition) is 1. The van der Waals surface area contributed by atoms with Crippen LogP contribution in [0.5, 0.6) is 0 Å². The van der Waals surface area contributed by atoms with E-state index in [0.717, 1.165) is 18.9 Å². The number of aliphatic carboxylic acids is 1. The minimum atomic E-state index is -1.01. The first kappa shape index (κ1) is 22.8. The Kier molecular flexibility index (Phi) is 10.3. The van der Waals surface area contributed by atoms with Crippen LogP contribution in [-0.4, -0.2) is 42.3 Å². The Morgan fingerprint density at radius 3 is 2.41 bits per heavy atom. The lowest BCUT2D eigenvalue weighted by Gasteiger charge is -2.28. The van der Waals surface area contributed by atoms with E-state index in [1.165, 1.54) is 5.54 Å². The number of carbonyl (C=O) groups is 3. The van der Waals surface area contributed by atoms with E-state index >= 15 is 0 Å². The number of allylic oxidation sites excluding steroid dienone is 3. The predicted molar refractivity (Wildman–Crippen MR) is 98.8 cm³/mol. The maximum absolute atomic E-state index is 12.5. The Bertz CT molecular complexity index is 597. The molecule has 27 heavy (non-hydrogen) atoms. The van der Waals surface area contributed by atoms with Crippen molar-refractivity contribution in [2.75, 3.05) is 13.2 Å². The van der Waals surface area contributed by atoms with Gasteiger partial charge in [0.15, 0.2) is 6.10 Å². The molecule has 1 fully saturated rings. The Hall–Kier alpha value is -2.28. The molecule has 1 aliphatic rings. The van der Waals surface area contributed by atoms with E-state index in [0.29, 0.717) is 18.6 Å². The monoisotopic (exact) mass is 400 g/mol. The fourth-order valence-electron chi connectivity index (χ4n) is 2.75. The van der Waals surface area contributed by atoms with E-state index < -0.39 is 35.8 Å². The fraction of sp³-hybridized carbons (Fsp3) is 0.526. The third kappa shape index (κ3) is 8.30. The standard InChI is InChI=1S/C19H25ClO7/c1-3-17(21)26-12-14(11-25-13(2)7-6-10-20)27-19(24)16-9-5-4-8-15(16)18(22)23/h3,6-7,10,14-16H,1,4-5,8-9,11-12H2,2H3,(H,22,23)/b10-6-,13-7+. The topological polar surface area (TPSA) is 99.1 Å². The van der Waals surface area contributed by atoms with Gasteiger partial charge < -0.3 is 19.3 Å². The van der Waals surface area contributed by atoms with E-state index in [-0.39, 0.29) is 13.2 Å². The highest BCUT2D eigenvalue weighted by Crippen LogP contribution is 2.31. The van der Waals surface area contributed by atoms with Crippen molar-refractivity contribution in [1.29, 1.82) is 0 Å².